The Balaban J connectivity index is 2.34. The van der Waals surface area contributed by atoms with Crippen LogP contribution < -0.4 is 0 Å². The van der Waals surface area contributed by atoms with Crippen LogP contribution in [0.15, 0.2) is 10.3 Å². The molecule has 0 radical (unpaired) electrons. The molecule has 0 amide bonds. The van der Waals surface area contributed by atoms with Crippen molar-refractivity contribution in [2.24, 2.45) is 5.92 Å². The third kappa shape index (κ3) is 2.09. The number of carbonyl (C=O) groups excluding carboxylic acids is 1. The molecule has 0 aromatic carbocycles. The standard InChI is InChI=1S/C11H11NOS2/c1-7-6-9-10(13)8(2-4-12)3-5-14-11(9)15-7/h6,8H,2-3,5H2,1H3. The van der Waals surface area contributed by atoms with Crippen molar-refractivity contribution in [1.82, 2.24) is 0 Å². The van der Waals surface area contributed by atoms with Crippen molar-refractivity contribution in [3.05, 3.63) is 16.5 Å². The monoisotopic (exact) mass is 237 g/mol. The summed E-state index contributed by atoms with van der Waals surface area (Å²) in [6, 6.07) is 4.07. The van der Waals surface area contributed by atoms with Gasteiger partial charge in [0.05, 0.1) is 10.3 Å². The van der Waals surface area contributed by atoms with E-state index in [9.17, 15) is 4.79 Å². The van der Waals surface area contributed by atoms with Crippen molar-refractivity contribution in [3.8, 4) is 6.07 Å². The molecule has 1 aliphatic rings. The molecule has 0 bridgehead atoms. The fourth-order valence-electron chi connectivity index (χ4n) is 1.72. The predicted molar refractivity (Wildman–Crippen MR) is 62.4 cm³/mol. The summed E-state index contributed by atoms with van der Waals surface area (Å²) in [4.78, 5) is 13.3. The molecule has 2 heterocycles. The highest BCUT2D eigenvalue weighted by atomic mass is 32.2. The molecule has 2 rings (SSSR count). The third-order valence-corrected chi connectivity index (χ3v) is 4.87. The van der Waals surface area contributed by atoms with Crippen LogP contribution in [0.5, 0.6) is 0 Å². The smallest absolute Gasteiger partial charge is 0.168 e. The number of rotatable bonds is 1. The molecule has 78 valence electrons. The number of aryl methyl sites for hydroxylation is 1. The maximum Gasteiger partial charge on any atom is 0.168 e. The number of carbonyl (C=O) groups is 1. The number of nitriles is 1. The first kappa shape index (κ1) is 10.7. The average Bonchev–Trinajstić information content (AvgIpc) is 2.51. The summed E-state index contributed by atoms with van der Waals surface area (Å²) in [5.41, 5.74) is 0.847. The van der Waals surface area contributed by atoms with Gasteiger partial charge in [0.15, 0.2) is 5.78 Å². The Morgan fingerprint density at radius 3 is 3.20 bits per heavy atom. The number of thioether (sulfide) groups is 1. The van der Waals surface area contributed by atoms with Crippen LogP contribution in [0.1, 0.15) is 28.1 Å². The van der Waals surface area contributed by atoms with E-state index < -0.39 is 0 Å². The highest BCUT2D eigenvalue weighted by molar-refractivity contribution is 8.01. The molecular weight excluding hydrogens is 226 g/mol. The van der Waals surface area contributed by atoms with E-state index in [4.69, 9.17) is 5.26 Å². The topological polar surface area (TPSA) is 40.9 Å². The molecule has 0 saturated carbocycles. The van der Waals surface area contributed by atoms with Gasteiger partial charge in [0, 0.05) is 22.8 Å². The van der Waals surface area contributed by atoms with Gasteiger partial charge >= 0.3 is 0 Å². The zero-order chi connectivity index (χ0) is 10.8. The summed E-state index contributed by atoms with van der Waals surface area (Å²) in [6.45, 7) is 2.02. The van der Waals surface area contributed by atoms with Crippen LogP contribution >= 0.6 is 23.1 Å². The number of ketones is 1. The Labute approximate surface area is 97.3 Å². The highest BCUT2D eigenvalue weighted by Crippen LogP contribution is 2.38. The molecule has 1 aromatic rings. The number of hydrogen-bond acceptors (Lipinski definition) is 4. The van der Waals surface area contributed by atoms with Gasteiger partial charge in [-0.2, -0.15) is 5.26 Å². The van der Waals surface area contributed by atoms with Crippen LogP contribution in [0.2, 0.25) is 0 Å². The average molecular weight is 237 g/mol. The van der Waals surface area contributed by atoms with Crippen molar-refractivity contribution in [2.75, 3.05) is 5.75 Å². The quantitative estimate of drug-likeness (QED) is 0.752. The minimum Gasteiger partial charge on any atom is -0.294 e. The van der Waals surface area contributed by atoms with Crippen molar-refractivity contribution < 1.29 is 4.79 Å². The highest BCUT2D eigenvalue weighted by Gasteiger charge is 2.26. The zero-order valence-electron chi connectivity index (χ0n) is 8.45. The lowest BCUT2D eigenvalue weighted by Crippen LogP contribution is -2.13. The van der Waals surface area contributed by atoms with Gasteiger partial charge < -0.3 is 0 Å². The third-order valence-electron chi connectivity index (χ3n) is 2.49. The molecule has 15 heavy (non-hydrogen) atoms. The molecule has 2 nitrogen and oxygen atoms in total. The van der Waals surface area contributed by atoms with E-state index in [0.29, 0.717) is 6.42 Å². The van der Waals surface area contributed by atoms with Gasteiger partial charge in [0.1, 0.15) is 0 Å². The summed E-state index contributed by atoms with van der Waals surface area (Å²) in [7, 11) is 0. The molecule has 1 aromatic heterocycles. The number of thiophene rings is 1. The minimum atomic E-state index is -0.0854. The van der Waals surface area contributed by atoms with Crippen LogP contribution in [0.25, 0.3) is 0 Å². The van der Waals surface area contributed by atoms with Crippen LogP contribution in [-0.4, -0.2) is 11.5 Å². The Bertz CT molecular complexity index is 430. The first-order chi connectivity index (χ1) is 7.22. The largest absolute Gasteiger partial charge is 0.294 e. The summed E-state index contributed by atoms with van der Waals surface area (Å²) in [6.07, 6.45) is 1.19. The summed E-state index contributed by atoms with van der Waals surface area (Å²) in [5, 5.41) is 8.67. The van der Waals surface area contributed by atoms with E-state index in [-0.39, 0.29) is 11.7 Å². The molecule has 0 N–H and O–H groups in total. The van der Waals surface area contributed by atoms with Crippen molar-refractivity contribution >= 4 is 28.9 Å². The summed E-state index contributed by atoms with van der Waals surface area (Å²) in [5.74, 6) is 1.03. The fraction of sp³-hybridized carbons (Fsp3) is 0.455. The molecule has 4 heteroatoms. The van der Waals surface area contributed by atoms with Crippen LogP contribution in [0.3, 0.4) is 0 Å². The first-order valence-corrected chi connectivity index (χ1v) is 6.67. The van der Waals surface area contributed by atoms with Gasteiger partial charge in [-0.15, -0.1) is 23.1 Å². The normalized spacial score (nSPS) is 20.5. The van der Waals surface area contributed by atoms with Crippen LogP contribution in [0.4, 0.5) is 0 Å². The predicted octanol–water partition coefficient (Wildman–Crippen LogP) is 3.26. The molecular formula is C11H11NOS2. The maximum atomic E-state index is 12.1. The van der Waals surface area contributed by atoms with Gasteiger partial charge in [-0.05, 0) is 25.2 Å². The fourth-order valence-corrected chi connectivity index (χ4v) is 4.24. The molecule has 1 aliphatic heterocycles. The SMILES string of the molecule is Cc1cc2c(s1)SCCC(CC#N)C2=O. The second-order valence-corrected chi connectivity index (χ2v) is 6.24. The van der Waals surface area contributed by atoms with Crippen molar-refractivity contribution in [3.63, 3.8) is 0 Å². The van der Waals surface area contributed by atoms with Gasteiger partial charge in [0.25, 0.3) is 0 Å². The van der Waals surface area contributed by atoms with E-state index in [1.807, 2.05) is 13.0 Å². The van der Waals surface area contributed by atoms with E-state index >= 15 is 0 Å². The lowest BCUT2D eigenvalue weighted by Gasteiger charge is -2.06. The molecule has 0 aliphatic carbocycles. The number of Topliss-reactive ketones (excluding diaryl/α,β-unsaturated/α-hetero) is 1. The van der Waals surface area contributed by atoms with E-state index in [2.05, 4.69) is 6.07 Å². The number of hydrogen-bond donors (Lipinski definition) is 0. The minimum absolute atomic E-state index is 0.0854. The van der Waals surface area contributed by atoms with Crippen LogP contribution in [0, 0.1) is 24.2 Å². The second kappa shape index (κ2) is 4.38. The molecule has 1 atom stereocenters. The Morgan fingerprint density at radius 2 is 2.47 bits per heavy atom. The van der Waals surface area contributed by atoms with Gasteiger partial charge in [-0.1, -0.05) is 0 Å². The number of nitrogens with zero attached hydrogens (tertiary/aromatic N) is 1. The molecule has 1 unspecified atom stereocenters. The van der Waals surface area contributed by atoms with Gasteiger partial charge in [-0.25, -0.2) is 0 Å². The lowest BCUT2D eigenvalue weighted by atomic mass is 9.94. The molecule has 0 saturated heterocycles. The summed E-state index contributed by atoms with van der Waals surface area (Å²) >= 11 is 3.44. The molecule has 0 fully saturated rings. The molecule has 0 spiro atoms. The van der Waals surface area contributed by atoms with Crippen molar-refractivity contribution in [1.29, 1.82) is 5.26 Å². The van der Waals surface area contributed by atoms with E-state index in [0.717, 1.165) is 21.9 Å². The lowest BCUT2D eigenvalue weighted by molar-refractivity contribution is 0.0918. The Morgan fingerprint density at radius 1 is 1.67 bits per heavy atom. The summed E-state index contributed by atoms with van der Waals surface area (Å²) < 4.78 is 1.14. The van der Waals surface area contributed by atoms with E-state index in [1.54, 1.807) is 23.1 Å². The zero-order valence-corrected chi connectivity index (χ0v) is 10.1. The van der Waals surface area contributed by atoms with Gasteiger partial charge in [-0.3, -0.25) is 4.79 Å². The Kier molecular flexibility index (Phi) is 3.13. The number of fused-ring (bicyclic) bond motifs is 1. The second-order valence-electron chi connectivity index (χ2n) is 3.62. The first-order valence-electron chi connectivity index (χ1n) is 4.86. The van der Waals surface area contributed by atoms with E-state index in [1.165, 1.54) is 4.88 Å². The van der Waals surface area contributed by atoms with Gasteiger partial charge in [0.2, 0.25) is 0 Å². The van der Waals surface area contributed by atoms with Crippen LogP contribution in [-0.2, 0) is 0 Å². The Hall–Kier alpha value is -0.790. The van der Waals surface area contributed by atoms with Crippen molar-refractivity contribution in [2.45, 2.75) is 24.0 Å². The maximum absolute atomic E-state index is 12.1.